The maximum absolute atomic E-state index is 14.2. The van der Waals surface area contributed by atoms with Crippen LogP contribution < -0.4 is 10.6 Å². The number of benzene rings is 1. The smallest absolute Gasteiger partial charge is 0.320 e. The summed E-state index contributed by atoms with van der Waals surface area (Å²) in [7, 11) is 0. The highest BCUT2D eigenvalue weighted by molar-refractivity contribution is 5.90. The van der Waals surface area contributed by atoms with Crippen LogP contribution in [0.2, 0.25) is 0 Å². The van der Waals surface area contributed by atoms with Gasteiger partial charge in [-0.1, -0.05) is 23.4 Å². The minimum atomic E-state index is -0.893. The fourth-order valence-corrected chi connectivity index (χ4v) is 2.33. The molecule has 2 N–H and O–H groups in total. The van der Waals surface area contributed by atoms with Gasteiger partial charge in [0.05, 0.1) is 11.4 Å². The third kappa shape index (κ3) is 3.79. The molecule has 2 amide bonds. The second kappa shape index (κ2) is 7.08. The Kier molecular flexibility index (Phi) is 4.69. The van der Waals surface area contributed by atoms with Crippen molar-refractivity contribution in [3.8, 4) is 0 Å². The van der Waals surface area contributed by atoms with E-state index in [2.05, 4.69) is 25.8 Å². The number of aryl methyl sites for hydroxylation is 2. The van der Waals surface area contributed by atoms with Crippen molar-refractivity contribution < 1.29 is 13.7 Å². The first-order chi connectivity index (χ1) is 12.0. The molecule has 1 unspecified atom stereocenters. The number of hydrogen-bond donors (Lipinski definition) is 2. The number of carbonyl (C=O) groups excluding carboxylic acids is 1. The third-order valence-electron chi connectivity index (χ3n) is 3.55. The Morgan fingerprint density at radius 2 is 2.00 bits per heavy atom. The van der Waals surface area contributed by atoms with Crippen molar-refractivity contribution in [3.63, 3.8) is 0 Å². The van der Waals surface area contributed by atoms with Gasteiger partial charge in [0.1, 0.15) is 11.9 Å². The molecule has 25 heavy (non-hydrogen) atoms. The molecule has 3 aromatic rings. The number of nitrogens with one attached hydrogen (secondary N) is 2. The maximum Gasteiger partial charge on any atom is 0.320 e. The predicted molar refractivity (Wildman–Crippen MR) is 88.4 cm³/mol. The molecule has 0 aliphatic carbocycles. The summed E-state index contributed by atoms with van der Waals surface area (Å²) in [6.45, 7) is 3.39. The van der Waals surface area contributed by atoms with Crippen LogP contribution in [0.3, 0.4) is 0 Å². The summed E-state index contributed by atoms with van der Waals surface area (Å²) < 4.78 is 19.2. The molecule has 0 aliphatic rings. The maximum atomic E-state index is 14.2. The van der Waals surface area contributed by atoms with Gasteiger partial charge < -0.3 is 15.2 Å². The van der Waals surface area contributed by atoms with Gasteiger partial charge in [-0.2, -0.15) is 4.98 Å². The Morgan fingerprint density at radius 1 is 1.20 bits per heavy atom. The minimum Gasteiger partial charge on any atom is -0.340 e. The average molecular weight is 341 g/mol. The molecule has 2 heterocycles. The number of carbonyl (C=O) groups is 1. The van der Waals surface area contributed by atoms with Crippen molar-refractivity contribution >= 4 is 11.7 Å². The Balaban J connectivity index is 1.87. The highest BCUT2D eigenvalue weighted by Gasteiger charge is 2.24. The monoisotopic (exact) mass is 341 g/mol. The van der Waals surface area contributed by atoms with Gasteiger partial charge in [-0.05, 0) is 25.1 Å². The van der Waals surface area contributed by atoms with E-state index in [1.54, 1.807) is 50.4 Å². The number of nitrogens with zero attached hydrogens (tertiary/aromatic N) is 3. The molecule has 0 aliphatic heterocycles. The van der Waals surface area contributed by atoms with E-state index in [-0.39, 0.29) is 11.4 Å². The van der Waals surface area contributed by atoms with E-state index < -0.39 is 17.9 Å². The Labute approximate surface area is 143 Å². The molecule has 0 saturated heterocycles. The topological polar surface area (TPSA) is 92.9 Å². The van der Waals surface area contributed by atoms with Crippen LogP contribution in [0.15, 0.2) is 47.1 Å². The van der Waals surface area contributed by atoms with E-state index in [0.29, 0.717) is 17.3 Å². The second-order valence-corrected chi connectivity index (χ2v) is 5.36. The second-order valence-electron chi connectivity index (χ2n) is 5.36. The summed E-state index contributed by atoms with van der Waals surface area (Å²) in [5, 5.41) is 9.17. The van der Waals surface area contributed by atoms with E-state index in [4.69, 9.17) is 4.52 Å². The summed E-state index contributed by atoms with van der Waals surface area (Å²) in [6, 6.07) is 8.10. The standard InChI is InChI=1S/C17H16FN5O2/c1-10-14(8-5-9-19-10)21-17(24)22-15(16-20-11(2)25-23-16)12-6-3-4-7-13(12)18/h3-9,15H,1-2H3,(H2,21,22,24). The van der Waals surface area contributed by atoms with Crippen molar-refractivity contribution in [1.29, 1.82) is 0 Å². The molecule has 1 aromatic carbocycles. The normalized spacial score (nSPS) is 11.8. The van der Waals surface area contributed by atoms with Gasteiger partial charge in [0.15, 0.2) is 5.82 Å². The summed E-state index contributed by atoms with van der Waals surface area (Å²) in [6.07, 6.45) is 1.63. The molecule has 8 heteroatoms. The molecule has 3 rings (SSSR count). The third-order valence-corrected chi connectivity index (χ3v) is 3.55. The van der Waals surface area contributed by atoms with Crippen LogP contribution in [0.1, 0.15) is 29.0 Å². The summed E-state index contributed by atoms with van der Waals surface area (Å²) in [5.74, 6) is 0.00937. The van der Waals surface area contributed by atoms with E-state index in [1.165, 1.54) is 6.07 Å². The first-order valence-corrected chi connectivity index (χ1v) is 7.58. The first kappa shape index (κ1) is 16.6. The lowest BCUT2D eigenvalue weighted by molar-refractivity contribution is 0.249. The summed E-state index contributed by atoms with van der Waals surface area (Å²) in [5.41, 5.74) is 1.45. The fraction of sp³-hybridized carbons (Fsp3) is 0.176. The number of hydrogen-bond acceptors (Lipinski definition) is 5. The van der Waals surface area contributed by atoms with Gasteiger partial charge in [-0.3, -0.25) is 4.98 Å². The van der Waals surface area contributed by atoms with Crippen molar-refractivity contribution in [3.05, 3.63) is 71.4 Å². The van der Waals surface area contributed by atoms with E-state index in [0.717, 1.165) is 0 Å². The van der Waals surface area contributed by atoms with Gasteiger partial charge >= 0.3 is 6.03 Å². The number of pyridine rings is 1. The van der Waals surface area contributed by atoms with Crippen LogP contribution in [-0.2, 0) is 0 Å². The van der Waals surface area contributed by atoms with E-state index >= 15 is 0 Å². The molecule has 0 fully saturated rings. The van der Waals surface area contributed by atoms with E-state index in [1.807, 2.05) is 0 Å². The Morgan fingerprint density at radius 3 is 2.68 bits per heavy atom. The quantitative estimate of drug-likeness (QED) is 0.760. The lowest BCUT2D eigenvalue weighted by Crippen LogP contribution is -2.34. The molecule has 1 atom stereocenters. The number of halogens is 1. The SMILES string of the molecule is Cc1nc(C(NC(=O)Nc2cccnc2C)c2ccccc2F)no1. The Hall–Kier alpha value is -3.29. The molecule has 0 bridgehead atoms. The molecule has 0 spiro atoms. The zero-order valence-electron chi connectivity index (χ0n) is 13.7. The lowest BCUT2D eigenvalue weighted by atomic mass is 10.1. The number of rotatable bonds is 4. The molecule has 0 saturated carbocycles. The molecular formula is C17H16FN5O2. The summed E-state index contributed by atoms with van der Waals surface area (Å²) >= 11 is 0. The van der Waals surface area contributed by atoms with Crippen LogP contribution in [0, 0.1) is 19.7 Å². The van der Waals surface area contributed by atoms with E-state index in [9.17, 15) is 9.18 Å². The van der Waals surface area contributed by atoms with Crippen molar-refractivity contribution in [2.75, 3.05) is 5.32 Å². The van der Waals surface area contributed by atoms with Crippen LogP contribution in [-0.4, -0.2) is 21.2 Å². The van der Waals surface area contributed by atoms with Crippen molar-refractivity contribution in [2.24, 2.45) is 0 Å². The molecule has 0 radical (unpaired) electrons. The van der Waals surface area contributed by atoms with Crippen molar-refractivity contribution in [2.45, 2.75) is 19.9 Å². The van der Waals surface area contributed by atoms with Crippen LogP contribution in [0.4, 0.5) is 14.9 Å². The largest absolute Gasteiger partial charge is 0.340 e. The van der Waals surface area contributed by atoms with Gasteiger partial charge in [-0.15, -0.1) is 0 Å². The number of aromatic nitrogens is 3. The number of anilines is 1. The van der Waals surface area contributed by atoms with Crippen molar-refractivity contribution in [1.82, 2.24) is 20.4 Å². The minimum absolute atomic E-state index is 0.167. The van der Waals surface area contributed by atoms with Crippen LogP contribution in [0.5, 0.6) is 0 Å². The molecule has 128 valence electrons. The molecule has 7 nitrogen and oxygen atoms in total. The zero-order valence-corrected chi connectivity index (χ0v) is 13.7. The highest BCUT2D eigenvalue weighted by Crippen LogP contribution is 2.23. The van der Waals surface area contributed by atoms with Gasteiger partial charge in [-0.25, -0.2) is 9.18 Å². The lowest BCUT2D eigenvalue weighted by Gasteiger charge is -2.17. The van der Waals surface area contributed by atoms with Crippen LogP contribution >= 0.6 is 0 Å². The highest BCUT2D eigenvalue weighted by atomic mass is 19.1. The number of amides is 2. The van der Waals surface area contributed by atoms with Gasteiger partial charge in [0.2, 0.25) is 5.89 Å². The first-order valence-electron chi connectivity index (χ1n) is 7.58. The Bertz CT molecular complexity index is 896. The summed E-state index contributed by atoms with van der Waals surface area (Å²) in [4.78, 5) is 20.6. The molecule has 2 aromatic heterocycles. The predicted octanol–water partition coefficient (Wildman–Crippen LogP) is 3.13. The average Bonchev–Trinajstić information content (AvgIpc) is 3.02. The van der Waals surface area contributed by atoms with Gasteiger partial charge in [0.25, 0.3) is 0 Å². The molecular weight excluding hydrogens is 325 g/mol. The number of urea groups is 1. The fourth-order valence-electron chi connectivity index (χ4n) is 2.33. The van der Waals surface area contributed by atoms with Gasteiger partial charge in [0, 0.05) is 18.7 Å². The van der Waals surface area contributed by atoms with Crippen LogP contribution in [0.25, 0.3) is 0 Å². The zero-order chi connectivity index (χ0) is 17.8.